The Kier molecular flexibility index (Phi) is 5.59. The van der Waals surface area contributed by atoms with E-state index in [2.05, 4.69) is 10.3 Å². The van der Waals surface area contributed by atoms with Crippen molar-refractivity contribution in [2.75, 3.05) is 11.1 Å². The first-order chi connectivity index (χ1) is 10.8. The number of aromatic nitrogens is 1. The van der Waals surface area contributed by atoms with Gasteiger partial charge < -0.3 is 5.32 Å². The molecule has 1 aromatic heterocycles. The van der Waals surface area contributed by atoms with Crippen LogP contribution in [-0.2, 0) is 4.79 Å². The van der Waals surface area contributed by atoms with Gasteiger partial charge in [0.1, 0.15) is 0 Å². The Morgan fingerprint density at radius 2 is 1.87 bits per heavy atom. The van der Waals surface area contributed by atoms with Crippen molar-refractivity contribution in [3.63, 3.8) is 0 Å². The maximum absolute atomic E-state index is 12.2. The molecule has 0 fully saturated rings. The SMILES string of the molecule is Cc1csc(SCC(=O)c2ccc(NC(=O)C(C)(C)C)cc2)n1. The number of nitrogens with zero attached hydrogens (tertiary/aromatic N) is 1. The summed E-state index contributed by atoms with van der Waals surface area (Å²) in [5.74, 6) is 0.364. The van der Waals surface area contributed by atoms with Crippen LogP contribution in [0.1, 0.15) is 36.8 Å². The van der Waals surface area contributed by atoms with Gasteiger partial charge in [-0.05, 0) is 31.2 Å². The van der Waals surface area contributed by atoms with Crippen LogP contribution >= 0.6 is 23.1 Å². The minimum atomic E-state index is -0.447. The number of amides is 1. The summed E-state index contributed by atoms with van der Waals surface area (Å²) in [6.07, 6.45) is 0. The number of Topliss-reactive ketones (excluding diaryl/α,β-unsaturated/α-hetero) is 1. The van der Waals surface area contributed by atoms with Crippen LogP contribution in [-0.4, -0.2) is 22.4 Å². The summed E-state index contributed by atoms with van der Waals surface area (Å²) in [6.45, 7) is 7.51. The van der Waals surface area contributed by atoms with Crippen molar-refractivity contribution in [1.29, 1.82) is 0 Å². The standard InChI is InChI=1S/C17H20N2O2S2/c1-11-9-22-16(18-11)23-10-14(20)12-5-7-13(8-6-12)19-15(21)17(2,3)4/h5-9H,10H2,1-4H3,(H,19,21). The highest BCUT2D eigenvalue weighted by Crippen LogP contribution is 2.23. The Morgan fingerprint density at radius 1 is 1.22 bits per heavy atom. The van der Waals surface area contributed by atoms with Crippen molar-refractivity contribution >= 4 is 40.5 Å². The lowest BCUT2D eigenvalue weighted by molar-refractivity contribution is -0.123. The Balaban J connectivity index is 1.93. The molecule has 0 saturated carbocycles. The van der Waals surface area contributed by atoms with Gasteiger partial charge in [-0.2, -0.15) is 0 Å². The first kappa shape index (κ1) is 17.7. The van der Waals surface area contributed by atoms with Crippen LogP contribution in [0.4, 0.5) is 5.69 Å². The van der Waals surface area contributed by atoms with Crippen molar-refractivity contribution < 1.29 is 9.59 Å². The second kappa shape index (κ2) is 7.27. The lowest BCUT2D eigenvalue weighted by atomic mass is 9.95. The molecule has 1 heterocycles. The minimum absolute atomic E-state index is 0.0497. The molecule has 0 bridgehead atoms. The molecule has 0 aliphatic rings. The Labute approximate surface area is 144 Å². The number of thioether (sulfide) groups is 1. The van der Waals surface area contributed by atoms with Gasteiger partial charge in [0.15, 0.2) is 10.1 Å². The van der Waals surface area contributed by atoms with Gasteiger partial charge in [-0.1, -0.05) is 32.5 Å². The van der Waals surface area contributed by atoms with E-state index in [1.54, 1.807) is 35.6 Å². The predicted octanol–water partition coefficient (Wildman–Crippen LogP) is 4.41. The zero-order valence-corrected chi connectivity index (χ0v) is 15.3. The number of hydrogen-bond acceptors (Lipinski definition) is 5. The molecule has 0 aliphatic carbocycles. The zero-order chi connectivity index (χ0) is 17.0. The van der Waals surface area contributed by atoms with Gasteiger partial charge in [0, 0.05) is 27.7 Å². The van der Waals surface area contributed by atoms with E-state index < -0.39 is 5.41 Å². The largest absolute Gasteiger partial charge is 0.326 e. The van der Waals surface area contributed by atoms with E-state index in [-0.39, 0.29) is 11.7 Å². The van der Waals surface area contributed by atoms with Crippen LogP contribution in [0.3, 0.4) is 0 Å². The summed E-state index contributed by atoms with van der Waals surface area (Å²) in [5.41, 5.74) is 1.87. The van der Waals surface area contributed by atoms with Gasteiger partial charge in [-0.15, -0.1) is 11.3 Å². The summed E-state index contributed by atoms with van der Waals surface area (Å²) < 4.78 is 0.907. The van der Waals surface area contributed by atoms with E-state index >= 15 is 0 Å². The van der Waals surface area contributed by atoms with Crippen molar-refractivity contribution in [2.24, 2.45) is 5.41 Å². The predicted molar refractivity (Wildman–Crippen MR) is 96.4 cm³/mol. The third kappa shape index (κ3) is 5.18. The Bertz CT molecular complexity index is 700. The van der Waals surface area contributed by atoms with Gasteiger partial charge in [0.25, 0.3) is 0 Å². The molecule has 0 unspecified atom stereocenters. The first-order valence-electron chi connectivity index (χ1n) is 7.25. The van der Waals surface area contributed by atoms with Crippen LogP contribution in [0.15, 0.2) is 34.0 Å². The van der Waals surface area contributed by atoms with Crippen LogP contribution in [0.5, 0.6) is 0 Å². The molecular weight excluding hydrogens is 328 g/mol. The topological polar surface area (TPSA) is 59.1 Å². The molecule has 6 heteroatoms. The number of anilines is 1. The summed E-state index contributed by atoms with van der Waals surface area (Å²) in [7, 11) is 0. The smallest absolute Gasteiger partial charge is 0.229 e. The molecule has 1 amide bonds. The molecule has 4 nitrogen and oxygen atoms in total. The number of carbonyl (C=O) groups is 2. The molecule has 1 aromatic carbocycles. The van der Waals surface area contributed by atoms with Gasteiger partial charge in [-0.25, -0.2) is 4.98 Å². The maximum atomic E-state index is 12.2. The Hall–Kier alpha value is -1.66. The molecule has 0 aliphatic heterocycles. The summed E-state index contributed by atoms with van der Waals surface area (Å²) in [6, 6.07) is 7.01. The third-order valence-electron chi connectivity index (χ3n) is 3.07. The summed E-state index contributed by atoms with van der Waals surface area (Å²) >= 11 is 3.00. The fraction of sp³-hybridized carbons (Fsp3) is 0.353. The van der Waals surface area contributed by atoms with E-state index in [4.69, 9.17) is 0 Å². The lowest BCUT2D eigenvalue weighted by Gasteiger charge is -2.17. The summed E-state index contributed by atoms with van der Waals surface area (Å²) in [4.78, 5) is 28.4. The molecule has 0 atom stereocenters. The Morgan fingerprint density at radius 3 is 2.39 bits per heavy atom. The minimum Gasteiger partial charge on any atom is -0.326 e. The average Bonchev–Trinajstić information content (AvgIpc) is 2.90. The van der Waals surface area contributed by atoms with Gasteiger partial charge in [0.2, 0.25) is 5.91 Å². The number of nitrogens with one attached hydrogen (secondary N) is 1. The molecule has 2 aromatic rings. The molecule has 23 heavy (non-hydrogen) atoms. The van der Waals surface area contributed by atoms with Crippen molar-refractivity contribution in [1.82, 2.24) is 4.98 Å². The van der Waals surface area contributed by atoms with Crippen LogP contribution in [0.25, 0.3) is 0 Å². The number of ketones is 1. The normalized spacial score (nSPS) is 11.3. The van der Waals surface area contributed by atoms with Crippen LogP contribution in [0.2, 0.25) is 0 Å². The maximum Gasteiger partial charge on any atom is 0.229 e. The monoisotopic (exact) mass is 348 g/mol. The number of thiazole rings is 1. The van der Waals surface area contributed by atoms with E-state index in [0.717, 1.165) is 10.0 Å². The zero-order valence-electron chi connectivity index (χ0n) is 13.7. The number of benzene rings is 1. The molecule has 0 spiro atoms. The highest BCUT2D eigenvalue weighted by molar-refractivity contribution is 8.01. The van der Waals surface area contributed by atoms with Crippen molar-refractivity contribution in [3.05, 3.63) is 40.9 Å². The molecule has 0 saturated heterocycles. The lowest BCUT2D eigenvalue weighted by Crippen LogP contribution is -2.27. The van der Waals surface area contributed by atoms with Crippen molar-refractivity contribution in [3.8, 4) is 0 Å². The van der Waals surface area contributed by atoms with Gasteiger partial charge in [0.05, 0.1) is 5.75 Å². The number of hydrogen-bond donors (Lipinski definition) is 1. The quantitative estimate of drug-likeness (QED) is 0.642. The second-order valence-electron chi connectivity index (χ2n) is 6.25. The van der Waals surface area contributed by atoms with E-state index in [9.17, 15) is 9.59 Å². The van der Waals surface area contributed by atoms with Gasteiger partial charge in [-0.3, -0.25) is 9.59 Å². The van der Waals surface area contributed by atoms with E-state index in [0.29, 0.717) is 17.0 Å². The highest BCUT2D eigenvalue weighted by atomic mass is 32.2. The molecule has 122 valence electrons. The van der Waals surface area contributed by atoms with Crippen LogP contribution in [0, 0.1) is 12.3 Å². The molecule has 2 rings (SSSR count). The fourth-order valence-electron chi connectivity index (χ4n) is 1.67. The number of aryl methyl sites for hydroxylation is 1. The number of rotatable bonds is 5. The fourth-order valence-corrected chi connectivity index (χ4v) is 3.41. The molecule has 1 N–H and O–H groups in total. The van der Waals surface area contributed by atoms with E-state index in [1.807, 2.05) is 33.1 Å². The number of carbonyl (C=O) groups excluding carboxylic acids is 2. The first-order valence-corrected chi connectivity index (χ1v) is 9.12. The summed E-state index contributed by atoms with van der Waals surface area (Å²) in [5, 5.41) is 4.82. The van der Waals surface area contributed by atoms with Crippen molar-refractivity contribution in [2.45, 2.75) is 32.0 Å². The highest BCUT2D eigenvalue weighted by Gasteiger charge is 2.21. The molecular formula is C17H20N2O2S2. The third-order valence-corrected chi connectivity index (χ3v) is 5.21. The van der Waals surface area contributed by atoms with Gasteiger partial charge >= 0.3 is 0 Å². The second-order valence-corrected chi connectivity index (χ2v) is 8.33. The van der Waals surface area contributed by atoms with E-state index in [1.165, 1.54) is 11.8 Å². The average molecular weight is 348 g/mol. The van der Waals surface area contributed by atoms with Crippen LogP contribution < -0.4 is 5.32 Å². The molecule has 0 radical (unpaired) electrons.